The summed E-state index contributed by atoms with van der Waals surface area (Å²) in [6.45, 7) is 0.935. The van der Waals surface area contributed by atoms with Crippen LogP contribution in [-0.2, 0) is 6.54 Å². The Morgan fingerprint density at radius 2 is 2.00 bits per heavy atom. The van der Waals surface area contributed by atoms with Crippen molar-refractivity contribution in [2.75, 3.05) is 0 Å². The van der Waals surface area contributed by atoms with Crippen molar-refractivity contribution in [1.29, 1.82) is 0 Å². The van der Waals surface area contributed by atoms with E-state index in [1.54, 1.807) is 0 Å². The highest BCUT2D eigenvalue weighted by molar-refractivity contribution is 5.13. The van der Waals surface area contributed by atoms with E-state index in [-0.39, 0.29) is 0 Å². The summed E-state index contributed by atoms with van der Waals surface area (Å²) in [6, 6.07) is 10.4. The zero-order valence-electron chi connectivity index (χ0n) is 6.77. The van der Waals surface area contributed by atoms with Crippen molar-refractivity contribution < 1.29 is 4.57 Å². The number of H-pyrrole nitrogens is 1. The molecule has 2 heteroatoms. The topological polar surface area (TPSA) is 19.7 Å². The highest BCUT2D eigenvalue weighted by Crippen LogP contribution is 1.96. The fraction of sp³-hybridized carbons (Fsp3) is 0.100. The first kappa shape index (κ1) is 7.10. The van der Waals surface area contributed by atoms with Gasteiger partial charge in [0.05, 0.1) is 0 Å². The first-order valence-corrected chi connectivity index (χ1v) is 4.01. The summed E-state index contributed by atoms with van der Waals surface area (Å²) in [5.41, 5.74) is 1.32. The third-order valence-electron chi connectivity index (χ3n) is 1.81. The van der Waals surface area contributed by atoms with E-state index in [0.29, 0.717) is 0 Å². The highest BCUT2D eigenvalue weighted by atomic mass is 15.0. The van der Waals surface area contributed by atoms with Gasteiger partial charge >= 0.3 is 0 Å². The number of aromatic nitrogens is 2. The second kappa shape index (κ2) is 3.22. The van der Waals surface area contributed by atoms with E-state index in [9.17, 15) is 0 Å². The summed E-state index contributed by atoms with van der Waals surface area (Å²) in [4.78, 5) is 3.01. The normalized spacial score (nSPS) is 10.0. The Balaban J connectivity index is 2.15. The molecule has 0 saturated carbocycles. The van der Waals surface area contributed by atoms with Gasteiger partial charge in [0.15, 0.2) is 0 Å². The van der Waals surface area contributed by atoms with Crippen molar-refractivity contribution in [2.24, 2.45) is 0 Å². The van der Waals surface area contributed by atoms with Gasteiger partial charge in [-0.3, -0.25) is 4.98 Å². The Bertz CT molecular complexity index is 324. The van der Waals surface area contributed by atoms with E-state index >= 15 is 0 Å². The molecular weight excluding hydrogens is 148 g/mol. The Labute approximate surface area is 71.5 Å². The van der Waals surface area contributed by atoms with Crippen LogP contribution in [0.2, 0.25) is 0 Å². The van der Waals surface area contributed by atoms with Gasteiger partial charge in [-0.25, -0.2) is 4.57 Å². The van der Waals surface area contributed by atoms with E-state index in [1.165, 1.54) is 5.56 Å². The molecule has 1 N–H and O–H groups in total. The van der Waals surface area contributed by atoms with Crippen LogP contribution in [-0.4, -0.2) is 4.98 Å². The van der Waals surface area contributed by atoms with Crippen molar-refractivity contribution in [3.05, 3.63) is 54.6 Å². The standard InChI is InChI=1S/C10H10N2/c1-2-4-10(5-3-1)8-12-7-6-11-9-12/h1-7,9H,8H2/p+1. The number of hydrogen-bond acceptors (Lipinski definition) is 0. The van der Waals surface area contributed by atoms with Crippen molar-refractivity contribution >= 4 is 0 Å². The molecular formula is C10H11N2+. The molecule has 1 aromatic heterocycles. The molecule has 2 rings (SSSR count). The maximum atomic E-state index is 3.01. The largest absolute Gasteiger partial charge is 0.250 e. The zero-order chi connectivity index (χ0) is 8.23. The first-order chi connectivity index (χ1) is 5.95. The number of nitrogens with zero attached hydrogens (tertiary/aromatic N) is 1. The molecule has 1 aromatic carbocycles. The zero-order valence-corrected chi connectivity index (χ0v) is 6.77. The van der Waals surface area contributed by atoms with Crippen LogP contribution in [0.3, 0.4) is 0 Å². The predicted molar refractivity (Wildman–Crippen MR) is 46.5 cm³/mol. The maximum Gasteiger partial charge on any atom is 0.241 e. The summed E-state index contributed by atoms with van der Waals surface area (Å²) in [6.07, 6.45) is 5.89. The van der Waals surface area contributed by atoms with Gasteiger partial charge in [-0.2, -0.15) is 0 Å². The average molecular weight is 159 g/mol. The monoisotopic (exact) mass is 159 g/mol. The van der Waals surface area contributed by atoms with E-state index in [4.69, 9.17) is 0 Å². The smallest absolute Gasteiger partial charge is 0.241 e. The molecule has 1 heterocycles. The second-order valence-corrected chi connectivity index (χ2v) is 2.77. The van der Waals surface area contributed by atoms with Crippen LogP contribution in [0.4, 0.5) is 0 Å². The number of benzene rings is 1. The average Bonchev–Trinajstić information content (AvgIpc) is 2.59. The van der Waals surface area contributed by atoms with Crippen molar-refractivity contribution in [3.63, 3.8) is 0 Å². The number of hydrogen-bond donors (Lipinski definition) is 1. The molecule has 0 atom stereocenters. The predicted octanol–water partition coefficient (Wildman–Crippen LogP) is 1.35. The fourth-order valence-corrected chi connectivity index (χ4v) is 1.21. The molecule has 0 saturated heterocycles. The van der Waals surface area contributed by atoms with Gasteiger partial charge in [-0.15, -0.1) is 0 Å². The lowest BCUT2D eigenvalue weighted by Crippen LogP contribution is -2.30. The Kier molecular flexibility index (Phi) is 1.90. The van der Waals surface area contributed by atoms with Crippen LogP contribution in [0, 0.1) is 0 Å². The van der Waals surface area contributed by atoms with E-state index in [1.807, 2.05) is 24.8 Å². The lowest BCUT2D eigenvalue weighted by molar-refractivity contribution is -0.687. The van der Waals surface area contributed by atoms with Crippen LogP contribution in [0.25, 0.3) is 0 Å². The molecule has 0 aliphatic carbocycles. The lowest BCUT2D eigenvalue weighted by Gasteiger charge is -1.95. The quantitative estimate of drug-likeness (QED) is 0.638. The molecule has 0 aliphatic heterocycles. The fourth-order valence-electron chi connectivity index (χ4n) is 1.21. The Morgan fingerprint density at radius 1 is 1.17 bits per heavy atom. The third kappa shape index (κ3) is 1.53. The summed E-state index contributed by atoms with van der Waals surface area (Å²) >= 11 is 0. The number of rotatable bonds is 2. The van der Waals surface area contributed by atoms with Crippen LogP contribution >= 0.6 is 0 Å². The van der Waals surface area contributed by atoms with E-state index in [2.05, 4.69) is 33.8 Å². The molecule has 12 heavy (non-hydrogen) atoms. The second-order valence-electron chi connectivity index (χ2n) is 2.77. The Hall–Kier alpha value is -1.57. The van der Waals surface area contributed by atoms with Gasteiger partial charge < -0.3 is 0 Å². The SMILES string of the molecule is c1ccc(C[n+]2cc[nH]c2)cc1. The molecule has 0 fully saturated rings. The maximum absolute atomic E-state index is 3.01. The minimum absolute atomic E-state index is 0.935. The van der Waals surface area contributed by atoms with Crippen molar-refractivity contribution in [1.82, 2.24) is 4.98 Å². The molecule has 0 radical (unpaired) electrons. The minimum atomic E-state index is 0.935. The summed E-state index contributed by atoms with van der Waals surface area (Å²) < 4.78 is 2.11. The number of aromatic amines is 1. The lowest BCUT2D eigenvalue weighted by atomic mass is 10.2. The van der Waals surface area contributed by atoms with E-state index in [0.717, 1.165) is 6.54 Å². The minimum Gasteiger partial charge on any atom is -0.250 e. The summed E-state index contributed by atoms with van der Waals surface area (Å²) in [5, 5.41) is 0. The van der Waals surface area contributed by atoms with Crippen LogP contribution < -0.4 is 4.57 Å². The van der Waals surface area contributed by atoms with Crippen molar-refractivity contribution in [2.45, 2.75) is 6.54 Å². The third-order valence-corrected chi connectivity index (χ3v) is 1.81. The number of nitrogens with one attached hydrogen (secondary N) is 1. The van der Waals surface area contributed by atoms with Crippen LogP contribution in [0.5, 0.6) is 0 Å². The van der Waals surface area contributed by atoms with Gasteiger partial charge in [0.1, 0.15) is 18.9 Å². The van der Waals surface area contributed by atoms with Gasteiger partial charge in [0.2, 0.25) is 6.33 Å². The van der Waals surface area contributed by atoms with Crippen LogP contribution in [0.1, 0.15) is 5.56 Å². The molecule has 60 valence electrons. The van der Waals surface area contributed by atoms with Gasteiger partial charge in [-0.1, -0.05) is 30.3 Å². The van der Waals surface area contributed by atoms with Crippen molar-refractivity contribution in [3.8, 4) is 0 Å². The first-order valence-electron chi connectivity index (χ1n) is 4.01. The number of imidazole rings is 1. The van der Waals surface area contributed by atoms with Gasteiger partial charge in [0.25, 0.3) is 0 Å². The summed E-state index contributed by atoms with van der Waals surface area (Å²) in [7, 11) is 0. The highest BCUT2D eigenvalue weighted by Gasteiger charge is 1.96. The molecule has 2 nitrogen and oxygen atoms in total. The molecule has 0 spiro atoms. The van der Waals surface area contributed by atoms with E-state index < -0.39 is 0 Å². The van der Waals surface area contributed by atoms with Gasteiger partial charge in [-0.05, 0) is 5.56 Å². The molecule has 2 aromatic rings. The van der Waals surface area contributed by atoms with Crippen LogP contribution in [0.15, 0.2) is 49.1 Å². The molecule has 0 aliphatic rings. The Morgan fingerprint density at radius 3 is 2.67 bits per heavy atom. The summed E-state index contributed by atoms with van der Waals surface area (Å²) in [5.74, 6) is 0. The van der Waals surface area contributed by atoms with Gasteiger partial charge in [0, 0.05) is 0 Å². The molecule has 0 bridgehead atoms. The molecule has 0 unspecified atom stereocenters. The molecule has 0 amide bonds.